The maximum atomic E-state index is 12.6. The standard InChI is InChI=1S/C22H19ClN4O4/c1-13-8-19(20(29-3)10-18(13)23)26-22(28)16(11-24)9-15-4-6-17(7-5-15)30-12-21-25-14(2)31-27-21/h4-10H,12H2,1-3H3,(H,26,28)/b16-9-. The number of carbonyl (C=O) groups excluding carboxylic acids is 1. The van der Waals surface area contributed by atoms with Crippen molar-refractivity contribution in [2.75, 3.05) is 12.4 Å². The molecular formula is C22H19ClN4O4. The molecule has 0 saturated heterocycles. The maximum absolute atomic E-state index is 12.6. The van der Waals surface area contributed by atoms with E-state index in [-0.39, 0.29) is 12.2 Å². The Bertz CT molecular complexity index is 1160. The molecule has 0 saturated carbocycles. The number of rotatable bonds is 7. The predicted molar refractivity (Wildman–Crippen MR) is 115 cm³/mol. The van der Waals surface area contributed by atoms with Crippen molar-refractivity contribution in [2.24, 2.45) is 0 Å². The Balaban J connectivity index is 1.70. The zero-order valence-corrected chi connectivity index (χ0v) is 17.9. The Labute approximate surface area is 184 Å². The first-order valence-electron chi connectivity index (χ1n) is 9.19. The maximum Gasteiger partial charge on any atom is 0.266 e. The SMILES string of the molecule is COc1cc(Cl)c(C)cc1NC(=O)/C(C#N)=C\c1ccc(OCc2noc(C)n2)cc1. The third-order valence-corrected chi connectivity index (χ3v) is 4.63. The molecule has 31 heavy (non-hydrogen) atoms. The number of halogens is 1. The molecule has 0 unspecified atom stereocenters. The molecule has 0 aliphatic carbocycles. The molecule has 8 nitrogen and oxygen atoms in total. The van der Waals surface area contributed by atoms with Gasteiger partial charge in [0.2, 0.25) is 11.7 Å². The average molecular weight is 439 g/mol. The fourth-order valence-electron chi connectivity index (χ4n) is 2.64. The molecule has 0 bridgehead atoms. The van der Waals surface area contributed by atoms with Crippen molar-refractivity contribution in [3.8, 4) is 17.6 Å². The van der Waals surface area contributed by atoms with E-state index >= 15 is 0 Å². The first-order valence-corrected chi connectivity index (χ1v) is 9.56. The summed E-state index contributed by atoms with van der Waals surface area (Å²) in [6.45, 7) is 3.67. The van der Waals surface area contributed by atoms with Crippen LogP contribution in [0.15, 0.2) is 46.5 Å². The molecule has 1 amide bonds. The second kappa shape index (κ2) is 9.78. The van der Waals surface area contributed by atoms with Gasteiger partial charge in [0, 0.05) is 18.0 Å². The van der Waals surface area contributed by atoms with Crippen LogP contribution in [0.4, 0.5) is 5.69 Å². The van der Waals surface area contributed by atoms with Crippen LogP contribution in [0.2, 0.25) is 5.02 Å². The van der Waals surface area contributed by atoms with Gasteiger partial charge >= 0.3 is 0 Å². The predicted octanol–water partition coefficient (Wildman–Crippen LogP) is 4.47. The largest absolute Gasteiger partial charge is 0.495 e. The molecule has 0 radical (unpaired) electrons. The summed E-state index contributed by atoms with van der Waals surface area (Å²) >= 11 is 6.09. The highest BCUT2D eigenvalue weighted by Gasteiger charge is 2.14. The fraction of sp³-hybridized carbons (Fsp3) is 0.182. The molecule has 1 N–H and O–H groups in total. The summed E-state index contributed by atoms with van der Waals surface area (Å²) in [7, 11) is 1.47. The van der Waals surface area contributed by atoms with E-state index in [0.717, 1.165) is 5.56 Å². The van der Waals surface area contributed by atoms with Crippen molar-refractivity contribution in [1.82, 2.24) is 10.1 Å². The van der Waals surface area contributed by atoms with Crippen molar-refractivity contribution in [2.45, 2.75) is 20.5 Å². The van der Waals surface area contributed by atoms with E-state index in [1.807, 2.05) is 13.0 Å². The lowest BCUT2D eigenvalue weighted by molar-refractivity contribution is -0.112. The number of hydrogen-bond acceptors (Lipinski definition) is 7. The van der Waals surface area contributed by atoms with E-state index in [0.29, 0.717) is 39.5 Å². The number of amides is 1. The lowest BCUT2D eigenvalue weighted by Crippen LogP contribution is -2.14. The van der Waals surface area contributed by atoms with Crippen LogP contribution in [-0.2, 0) is 11.4 Å². The molecule has 1 heterocycles. The Morgan fingerprint density at radius 3 is 2.65 bits per heavy atom. The number of ether oxygens (including phenoxy) is 2. The molecule has 1 aromatic heterocycles. The Kier molecular flexibility index (Phi) is 6.90. The highest BCUT2D eigenvalue weighted by Crippen LogP contribution is 2.31. The van der Waals surface area contributed by atoms with E-state index in [9.17, 15) is 10.1 Å². The summed E-state index contributed by atoms with van der Waals surface area (Å²) in [5.74, 6) is 1.34. The van der Waals surface area contributed by atoms with Crippen LogP contribution in [0.5, 0.6) is 11.5 Å². The number of anilines is 1. The van der Waals surface area contributed by atoms with Crippen molar-refractivity contribution in [3.05, 3.63) is 69.8 Å². The Morgan fingerprint density at radius 1 is 1.29 bits per heavy atom. The number of nitrogens with zero attached hydrogens (tertiary/aromatic N) is 3. The highest BCUT2D eigenvalue weighted by atomic mass is 35.5. The molecule has 0 aliphatic heterocycles. The number of carbonyl (C=O) groups is 1. The summed E-state index contributed by atoms with van der Waals surface area (Å²) in [6.07, 6.45) is 1.48. The van der Waals surface area contributed by atoms with Crippen LogP contribution >= 0.6 is 11.6 Å². The topological polar surface area (TPSA) is 110 Å². The summed E-state index contributed by atoms with van der Waals surface area (Å²) in [5.41, 5.74) is 1.79. The normalized spacial score (nSPS) is 11.0. The third-order valence-electron chi connectivity index (χ3n) is 4.22. The lowest BCUT2D eigenvalue weighted by atomic mass is 10.1. The van der Waals surface area contributed by atoms with E-state index in [4.69, 9.17) is 25.6 Å². The van der Waals surface area contributed by atoms with Crippen LogP contribution in [-0.4, -0.2) is 23.2 Å². The molecule has 9 heteroatoms. The van der Waals surface area contributed by atoms with Crippen molar-refractivity contribution in [1.29, 1.82) is 5.26 Å². The highest BCUT2D eigenvalue weighted by molar-refractivity contribution is 6.31. The number of aromatic nitrogens is 2. The molecule has 0 fully saturated rings. The molecule has 2 aromatic carbocycles. The van der Waals surface area contributed by atoms with Crippen LogP contribution in [0.25, 0.3) is 6.08 Å². The van der Waals surface area contributed by atoms with Gasteiger partial charge in [-0.1, -0.05) is 28.9 Å². The summed E-state index contributed by atoms with van der Waals surface area (Å²) in [6, 6.07) is 12.1. The lowest BCUT2D eigenvalue weighted by Gasteiger charge is -2.12. The zero-order valence-electron chi connectivity index (χ0n) is 17.1. The van der Waals surface area contributed by atoms with Crippen molar-refractivity contribution >= 4 is 29.3 Å². The minimum absolute atomic E-state index is 0.0643. The molecule has 3 aromatic rings. The van der Waals surface area contributed by atoms with E-state index in [1.54, 1.807) is 43.3 Å². The van der Waals surface area contributed by atoms with Gasteiger partial charge in [0.15, 0.2) is 6.61 Å². The van der Waals surface area contributed by atoms with Crippen molar-refractivity contribution in [3.63, 3.8) is 0 Å². The van der Waals surface area contributed by atoms with Gasteiger partial charge in [-0.25, -0.2) is 0 Å². The summed E-state index contributed by atoms with van der Waals surface area (Å²) in [5, 5.41) is 16.4. The van der Waals surface area contributed by atoms with Crippen LogP contribution in [0, 0.1) is 25.2 Å². The average Bonchev–Trinajstić information content (AvgIpc) is 3.18. The summed E-state index contributed by atoms with van der Waals surface area (Å²) < 4.78 is 15.7. The van der Waals surface area contributed by atoms with Crippen LogP contribution in [0.3, 0.4) is 0 Å². The number of aryl methyl sites for hydroxylation is 2. The third kappa shape index (κ3) is 5.62. The molecule has 0 aliphatic rings. The van der Waals surface area contributed by atoms with Gasteiger partial charge in [-0.2, -0.15) is 10.2 Å². The van der Waals surface area contributed by atoms with E-state index in [2.05, 4.69) is 15.5 Å². The monoisotopic (exact) mass is 438 g/mol. The Hall–Kier alpha value is -3.83. The quantitative estimate of drug-likeness (QED) is 0.427. The minimum Gasteiger partial charge on any atom is -0.495 e. The van der Waals surface area contributed by atoms with E-state index < -0.39 is 5.91 Å². The molecular weight excluding hydrogens is 420 g/mol. The smallest absolute Gasteiger partial charge is 0.266 e. The molecule has 3 rings (SSSR count). The van der Waals surface area contributed by atoms with Gasteiger partial charge in [0.05, 0.1) is 12.8 Å². The van der Waals surface area contributed by atoms with Gasteiger partial charge in [0.25, 0.3) is 5.91 Å². The zero-order chi connectivity index (χ0) is 22.4. The fourth-order valence-corrected chi connectivity index (χ4v) is 2.80. The number of nitriles is 1. The number of hydrogen-bond donors (Lipinski definition) is 1. The second-order valence-corrected chi connectivity index (χ2v) is 6.92. The van der Waals surface area contributed by atoms with Gasteiger partial charge in [0.1, 0.15) is 23.1 Å². The first-order chi connectivity index (χ1) is 14.9. The number of nitrogens with one attached hydrogen (secondary N) is 1. The van der Waals surface area contributed by atoms with Gasteiger partial charge in [-0.05, 0) is 42.3 Å². The molecule has 0 spiro atoms. The van der Waals surface area contributed by atoms with Crippen LogP contribution in [0.1, 0.15) is 22.8 Å². The Morgan fingerprint density at radius 2 is 2.03 bits per heavy atom. The number of methoxy groups -OCH3 is 1. The molecule has 0 atom stereocenters. The van der Waals surface area contributed by atoms with Gasteiger partial charge in [-0.3, -0.25) is 4.79 Å². The second-order valence-electron chi connectivity index (χ2n) is 6.51. The van der Waals surface area contributed by atoms with Gasteiger partial charge < -0.3 is 19.3 Å². The van der Waals surface area contributed by atoms with Crippen LogP contribution < -0.4 is 14.8 Å². The molecule has 158 valence electrons. The minimum atomic E-state index is -0.560. The van der Waals surface area contributed by atoms with Gasteiger partial charge in [-0.15, -0.1) is 0 Å². The summed E-state index contributed by atoms with van der Waals surface area (Å²) in [4.78, 5) is 16.7. The van der Waals surface area contributed by atoms with Crippen molar-refractivity contribution < 1.29 is 18.8 Å². The number of benzene rings is 2. The first kappa shape index (κ1) is 21.9. The van der Waals surface area contributed by atoms with E-state index in [1.165, 1.54) is 13.2 Å².